The highest BCUT2D eigenvalue weighted by atomic mass is 19.1. The summed E-state index contributed by atoms with van der Waals surface area (Å²) in [5.41, 5.74) is 0.259. The van der Waals surface area contributed by atoms with Crippen molar-refractivity contribution in [3.05, 3.63) is 48.1 Å². The number of hydrogen-bond donors (Lipinski definition) is 1. The molecule has 0 aliphatic heterocycles. The fourth-order valence-corrected chi connectivity index (χ4v) is 1.45. The number of rotatable bonds is 6. The fraction of sp³-hybridized carbons (Fsp3) is 0.250. The Labute approximate surface area is 98.0 Å². The van der Waals surface area contributed by atoms with Crippen LogP contribution in [0, 0.1) is 11.6 Å². The standard InChI is InChI=1S/C12H13F2NO2/c1-2-5-15(8-12(16)17)7-9-3-4-10(13)6-11(9)14/h2-4,6H,1,5,7-8H2,(H,16,17). The molecule has 0 aromatic heterocycles. The summed E-state index contributed by atoms with van der Waals surface area (Å²) in [6, 6.07) is 3.23. The predicted molar refractivity (Wildman–Crippen MR) is 59.5 cm³/mol. The molecule has 92 valence electrons. The van der Waals surface area contributed by atoms with Crippen LogP contribution in [-0.4, -0.2) is 29.1 Å². The molecule has 0 saturated carbocycles. The molecule has 0 atom stereocenters. The van der Waals surface area contributed by atoms with Crippen molar-refractivity contribution in [1.82, 2.24) is 4.90 Å². The van der Waals surface area contributed by atoms with Crippen molar-refractivity contribution in [2.75, 3.05) is 13.1 Å². The molecule has 0 spiro atoms. The Kier molecular flexibility index (Phi) is 4.78. The van der Waals surface area contributed by atoms with Crippen molar-refractivity contribution in [2.45, 2.75) is 6.54 Å². The van der Waals surface area contributed by atoms with E-state index in [1.54, 1.807) is 0 Å². The summed E-state index contributed by atoms with van der Waals surface area (Å²) in [6.45, 7) is 3.70. The number of carbonyl (C=O) groups is 1. The summed E-state index contributed by atoms with van der Waals surface area (Å²) in [4.78, 5) is 12.1. The van der Waals surface area contributed by atoms with Crippen LogP contribution in [0.25, 0.3) is 0 Å². The Morgan fingerprint density at radius 2 is 2.18 bits per heavy atom. The Hall–Kier alpha value is -1.75. The highest BCUT2D eigenvalue weighted by Gasteiger charge is 2.11. The molecular weight excluding hydrogens is 228 g/mol. The Balaban J connectivity index is 2.77. The normalized spacial score (nSPS) is 10.5. The minimum atomic E-state index is -1.01. The Morgan fingerprint density at radius 1 is 1.47 bits per heavy atom. The summed E-state index contributed by atoms with van der Waals surface area (Å²) in [5, 5.41) is 8.67. The molecule has 0 aliphatic carbocycles. The zero-order valence-corrected chi connectivity index (χ0v) is 9.20. The first-order chi connectivity index (χ1) is 8.02. The van der Waals surface area contributed by atoms with Crippen LogP contribution in [0.1, 0.15) is 5.56 Å². The van der Waals surface area contributed by atoms with Gasteiger partial charge in [-0.2, -0.15) is 0 Å². The maximum Gasteiger partial charge on any atom is 0.317 e. The monoisotopic (exact) mass is 241 g/mol. The molecular formula is C12H13F2NO2. The topological polar surface area (TPSA) is 40.5 Å². The van der Waals surface area contributed by atoms with Gasteiger partial charge in [-0.15, -0.1) is 6.58 Å². The molecule has 3 nitrogen and oxygen atoms in total. The molecule has 0 saturated heterocycles. The van der Waals surface area contributed by atoms with E-state index in [2.05, 4.69) is 6.58 Å². The molecule has 5 heteroatoms. The third-order valence-corrected chi connectivity index (χ3v) is 2.16. The summed E-state index contributed by atoms with van der Waals surface area (Å²) in [6.07, 6.45) is 1.53. The van der Waals surface area contributed by atoms with E-state index in [4.69, 9.17) is 5.11 Å². The van der Waals surface area contributed by atoms with Gasteiger partial charge >= 0.3 is 5.97 Å². The lowest BCUT2D eigenvalue weighted by molar-refractivity contribution is -0.138. The molecule has 0 bridgehead atoms. The molecule has 1 aromatic carbocycles. The SMILES string of the molecule is C=CCN(CC(=O)O)Cc1ccc(F)cc1F. The van der Waals surface area contributed by atoms with Gasteiger partial charge in [-0.25, -0.2) is 8.78 Å². The number of benzene rings is 1. The van der Waals surface area contributed by atoms with Crippen LogP contribution in [0.15, 0.2) is 30.9 Å². The number of halogens is 2. The van der Waals surface area contributed by atoms with Crippen molar-refractivity contribution < 1.29 is 18.7 Å². The van der Waals surface area contributed by atoms with Gasteiger partial charge < -0.3 is 5.11 Å². The minimum Gasteiger partial charge on any atom is -0.480 e. The van der Waals surface area contributed by atoms with E-state index in [9.17, 15) is 13.6 Å². The largest absolute Gasteiger partial charge is 0.480 e. The summed E-state index contributed by atoms with van der Waals surface area (Å²) in [5.74, 6) is -2.33. The first kappa shape index (κ1) is 13.3. The molecule has 0 fully saturated rings. The highest BCUT2D eigenvalue weighted by Crippen LogP contribution is 2.12. The number of aliphatic carboxylic acids is 1. The van der Waals surface area contributed by atoms with E-state index >= 15 is 0 Å². The molecule has 1 rings (SSSR count). The first-order valence-corrected chi connectivity index (χ1v) is 5.02. The van der Waals surface area contributed by atoms with Crippen LogP contribution in [0.4, 0.5) is 8.78 Å². The van der Waals surface area contributed by atoms with Crippen molar-refractivity contribution in [2.24, 2.45) is 0 Å². The third kappa shape index (κ3) is 4.32. The highest BCUT2D eigenvalue weighted by molar-refractivity contribution is 5.69. The maximum absolute atomic E-state index is 13.3. The van der Waals surface area contributed by atoms with Crippen molar-refractivity contribution in [1.29, 1.82) is 0 Å². The van der Waals surface area contributed by atoms with Crippen molar-refractivity contribution in [3.8, 4) is 0 Å². The fourth-order valence-electron chi connectivity index (χ4n) is 1.45. The lowest BCUT2D eigenvalue weighted by Crippen LogP contribution is -2.29. The van der Waals surface area contributed by atoms with E-state index < -0.39 is 17.6 Å². The predicted octanol–water partition coefficient (Wildman–Crippen LogP) is 2.04. The zero-order chi connectivity index (χ0) is 12.8. The number of hydrogen-bond acceptors (Lipinski definition) is 2. The molecule has 1 aromatic rings. The smallest absolute Gasteiger partial charge is 0.317 e. The third-order valence-electron chi connectivity index (χ3n) is 2.16. The van der Waals surface area contributed by atoms with Gasteiger partial charge in [-0.05, 0) is 6.07 Å². The van der Waals surface area contributed by atoms with Crippen LogP contribution in [0.3, 0.4) is 0 Å². The van der Waals surface area contributed by atoms with Crippen LogP contribution in [0.2, 0.25) is 0 Å². The number of nitrogens with zero attached hydrogens (tertiary/aromatic N) is 1. The average Bonchev–Trinajstić information content (AvgIpc) is 2.21. The summed E-state index contributed by atoms with van der Waals surface area (Å²) >= 11 is 0. The van der Waals surface area contributed by atoms with Gasteiger partial charge in [0.05, 0.1) is 6.54 Å². The zero-order valence-electron chi connectivity index (χ0n) is 9.20. The molecule has 0 aliphatic rings. The van der Waals surface area contributed by atoms with Gasteiger partial charge in [-0.1, -0.05) is 12.1 Å². The van der Waals surface area contributed by atoms with Gasteiger partial charge in [0.1, 0.15) is 11.6 Å². The van der Waals surface area contributed by atoms with Crippen molar-refractivity contribution >= 4 is 5.97 Å². The molecule has 17 heavy (non-hydrogen) atoms. The minimum absolute atomic E-state index is 0.102. The van der Waals surface area contributed by atoms with Crippen molar-refractivity contribution in [3.63, 3.8) is 0 Å². The van der Waals surface area contributed by atoms with Gasteiger partial charge in [-0.3, -0.25) is 9.69 Å². The second-order valence-corrected chi connectivity index (χ2v) is 3.59. The molecule has 0 heterocycles. The maximum atomic E-state index is 13.3. The van der Waals surface area contributed by atoms with E-state index in [0.29, 0.717) is 6.54 Å². The lowest BCUT2D eigenvalue weighted by atomic mass is 10.2. The molecule has 0 amide bonds. The second kappa shape index (κ2) is 6.10. The van der Waals surface area contributed by atoms with Crippen LogP contribution >= 0.6 is 0 Å². The second-order valence-electron chi connectivity index (χ2n) is 3.59. The number of carboxylic acids is 1. The van der Waals surface area contributed by atoms with E-state index in [1.165, 1.54) is 17.0 Å². The quantitative estimate of drug-likeness (QED) is 0.775. The van der Waals surface area contributed by atoms with Gasteiger partial charge in [0.25, 0.3) is 0 Å². The lowest BCUT2D eigenvalue weighted by Gasteiger charge is -2.18. The molecule has 1 N–H and O–H groups in total. The van der Waals surface area contributed by atoms with E-state index in [-0.39, 0.29) is 18.7 Å². The average molecular weight is 241 g/mol. The number of carboxylic acid groups (broad SMARTS) is 1. The summed E-state index contributed by atoms with van der Waals surface area (Å²) in [7, 11) is 0. The first-order valence-electron chi connectivity index (χ1n) is 5.02. The van der Waals surface area contributed by atoms with Gasteiger partial charge in [0, 0.05) is 24.7 Å². The molecule has 0 radical (unpaired) electrons. The van der Waals surface area contributed by atoms with Crippen LogP contribution in [-0.2, 0) is 11.3 Å². The van der Waals surface area contributed by atoms with E-state index in [0.717, 1.165) is 12.1 Å². The van der Waals surface area contributed by atoms with Gasteiger partial charge in [0.15, 0.2) is 0 Å². The molecule has 0 unspecified atom stereocenters. The van der Waals surface area contributed by atoms with Crippen LogP contribution in [0.5, 0.6) is 0 Å². The summed E-state index contributed by atoms with van der Waals surface area (Å²) < 4.78 is 26.0. The van der Waals surface area contributed by atoms with Gasteiger partial charge in [0.2, 0.25) is 0 Å². The van der Waals surface area contributed by atoms with E-state index in [1.807, 2.05) is 0 Å². The Bertz CT molecular complexity index is 421. The van der Waals surface area contributed by atoms with Crippen LogP contribution < -0.4 is 0 Å². The Morgan fingerprint density at radius 3 is 2.71 bits per heavy atom.